The molecular weight excluding hydrogens is 479 g/mol. The van der Waals surface area contributed by atoms with Gasteiger partial charge in [-0.15, -0.1) is 0 Å². The number of halogens is 1. The van der Waals surface area contributed by atoms with Gasteiger partial charge in [0, 0.05) is 24.6 Å². The van der Waals surface area contributed by atoms with Crippen molar-refractivity contribution in [1.29, 1.82) is 5.26 Å². The van der Waals surface area contributed by atoms with Gasteiger partial charge in [0.1, 0.15) is 5.82 Å². The van der Waals surface area contributed by atoms with Crippen molar-refractivity contribution in [3.05, 3.63) is 111 Å². The molecule has 1 N–H and O–H groups in total. The molecule has 0 radical (unpaired) electrons. The molecule has 2 heterocycles. The van der Waals surface area contributed by atoms with Gasteiger partial charge in [0.2, 0.25) is 11.8 Å². The molecule has 0 fully saturated rings. The van der Waals surface area contributed by atoms with Crippen molar-refractivity contribution >= 4 is 0 Å². The van der Waals surface area contributed by atoms with Crippen LogP contribution in [0.2, 0.25) is 0 Å². The van der Waals surface area contributed by atoms with E-state index in [2.05, 4.69) is 23.0 Å². The largest absolute Gasteiger partial charge is 0.493 e. The molecule has 0 aliphatic rings. The van der Waals surface area contributed by atoms with E-state index in [4.69, 9.17) is 0 Å². The number of nitrogens with zero attached hydrogens (tertiary/aromatic N) is 4. The smallest absolute Gasteiger partial charge is 0.261 e. The lowest BCUT2D eigenvalue weighted by Gasteiger charge is -2.23. The highest BCUT2D eigenvalue weighted by molar-refractivity contribution is 5.66. The van der Waals surface area contributed by atoms with Crippen molar-refractivity contribution in [2.75, 3.05) is 0 Å². The van der Waals surface area contributed by atoms with E-state index in [0.29, 0.717) is 29.8 Å². The predicted octanol–water partition coefficient (Wildman–Crippen LogP) is 6.26. The normalized spacial score (nSPS) is 11.8. The Morgan fingerprint density at radius 3 is 2.58 bits per heavy atom. The molecule has 0 bridgehead atoms. The minimum atomic E-state index is -0.503. The van der Waals surface area contributed by atoms with E-state index < -0.39 is 5.95 Å². The van der Waals surface area contributed by atoms with Crippen LogP contribution in [0.3, 0.4) is 0 Å². The fourth-order valence-corrected chi connectivity index (χ4v) is 4.80. The molecule has 4 rings (SSSR count). The highest BCUT2D eigenvalue weighted by Crippen LogP contribution is 2.28. The summed E-state index contributed by atoms with van der Waals surface area (Å²) in [5, 5.41) is 20.2. The molecule has 38 heavy (non-hydrogen) atoms. The molecule has 6 nitrogen and oxygen atoms in total. The first-order valence-electron chi connectivity index (χ1n) is 12.9. The van der Waals surface area contributed by atoms with Gasteiger partial charge in [-0.1, -0.05) is 56.7 Å². The summed E-state index contributed by atoms with van der Waals surface area (Å²) in [6.45, 7) is 5.75. The third-order valence-electron chi connectivity index (χ3n) is 6.90. The van der Waals surface area contributed by atoms with Crippen molar-refractivity contribution in [3.63, 3.8) is 0 Å². The number of pyridine rings is 1. The first kappa shape index (κ1) is 26.7. The maximum Gasteiger partial charge on any atom is 0.261 e. The van der Waals surface area contributed by atoms with Crippen LogP contribution < -0.4 is 5.56 Å². The molecule has 0 spiro atoms. The molecule has 1 atom stereocenters. The van der Waals surface area contributed by atoms with E-state index in [1.165, 1.54) is 6.20 Å². The highest BCUT2D eigenvalue weighted by atomic mass is 19.1. The number of unbranched alkanes of at least 4 members (excludes halogenated alkanes) is 1. The number of hydrogen-bond donors (Lipinski definition) is 1. The quantitative estimate of drug-likeness (QED) is 0.268. The number of aromatic hydroxyl groups is 1. The van der Waals surface area contributed by atoms with Crippen LogP contribution >= 0.6 is 0 Å². The Labute approximate surface area is 222 Å². The lowest BCUT2D eigenvalue weighted by atomic mass is 9.98. The fourth-order valence-electron chi connectivity index (χ4n) is 4.80. The maximum atomic E-state index is 13.9. The van der Waals surface area contributed by atoms with Crippen LogP contribution in [0.15, 0.2) is 65.6 Å². The summed E-state index contributed by atoms with van der Waals surface area (Å²) in [4.78, 5) is 22.1. The first-order chi connectivity index (χ1) is 18.4. The van der Waals surface area contributed by atoms with Gasteiger partial charge >= 0.3 is 0 Å². The van der Waals surface area contributed by atoms with Crippen molar-refractivity contribution < 1.29 is 9.50 Å². The summed E-state index contributed by atoms with van der Waals surface area (Å²) in [7, 11) is 0. The SMILES string of the molecule is CCCCc1nc(O)c(Cc2ccc(-c3ccnc(F)c3C)cc2)c(=O)n1[C@@H](CC)c1cccc(C#N)c1. The van der Waals surface area contributed by atoms with E-state index in [1.807, 2.05) is 43.3 Å². The van der Waals surface area contributed by atoms with Crippen LogP contribution in [0.4, 0.5) is 4.39 Å². The predicted molar refractivity (Wildman–Crippen MR) is 146 cm³/mol. The Morgan fingerprint density at radius 1 is 1.13 bits per heavy atom. The number of aryl methyl sites for hydroxylation is 1. The van der Waals surface area contributed by atoms with E-state index >= 15 is 0 Å². The molecule has 0 aliphatic carbocycles. The Balaban J connectivity index is 1.75. The zero-order chi connectivity index (χ0) is 27.2. The minimum Gasteiger partial charge on any atom is -0.493 e. The van der Waals surface area contributed by atoms with Gasteiger partial charge < -0.3 is 5.11 Å². The third kappa shape index (κ3) is 5.50. The lowest BCUT2D eigenvalue weighted by molar-refractivity contribution is 0.420. The van der Waals surface area contributed by atoms with E-state index in [-0.39, 0.29) is 29.5 Å². The van der Waals surface area contributed by atoms with Gasteiger partial charge in [-0.05, 0) is 60.2 Å². The van der Waals surface area contributed by atoms with Gasteiger partial charge in [-0.25, -0.2) is 4.98 Å². The van der Waals surface area contributed by atoms with E-state index in [0.717, 1.165) is 35.1 Å². The topological polar surface area (TPSA) is 91.8 Å². The molecule has 4 aromatic rings. The summed E-state index contributed by atoms with van der Waals surface area (Å²) >= 11 is 0. The number of hydrogen-bond acceptors (Lipinski definition) is 5. The van der Waals surface area contributed by atoms with Crippen LogP contribution in [0.25, 0.3) is 11.1 Å². The molecular formula is C31H31FN4O2. The Hall–Kier alpha value is -4.31. The van der Waals surface area contributed by atoms with Gasteiger partial charge in [0.25, 0.3) is 5.56 Å². The van der Waals surface area contributed by atoms with Crippen LogP contribution in [0, 0.1) is 24.2 Å². The van der Waals surface area contributed by atoms with Crippen molar-refractivity contribution in [3.8, 4) is 23.1 Å². The van der Waals surface area contributed by atoms with Crippen molar-refractivity contribution in [2.24, 2.45) is 0 Å². The molecule has 0 aliphatic heterocycles. The summed E-state index contributed by atoms with van der Waals surface area (Å²) in [6.07, 6.45) is 4.57. The van der Waals surface area contributed by atoms with Gasteiger partial charge in [-0.3, -0.25) is 9.36 Å². The maximum absolute atomic E-state index is 13.9. The monoisotopic (exact) mass is 510 g/mol. The standard InChI is InChI=1S/C31H31FN4O2/c1-4-6-10-28-35-30(37)26(31(38)36(28)27(5-2)24-9-7-8-22(17-24)19-33)18-21-11-13-23(14-12-21)25-15-16-34-29(32)20(25)3/h7-9,11-17,27,37H,4-6,10,18H2,1-3H3/t27-/m0/s1. The number of nitriles is 1. The summed E-state index contributed by atoms with van der Waals surface area (Å²) in [5.74, 6) is -0.218. The average molecular weight is 511 g/mol. The summed E-state index contributed by atoms with van der Waals surface area (Å²) in [5.41, 5.74) is 4.20. The van der Waals surface area contributed by atoms with Gasteiger partial charge in [0.15, 0.2) is 0 Å². The van der Waals surface area contributed by atoms with Gasteiger partial charge in [0.05, 0.1) is 23.2 Å². The summed E-state index contributed by atoms with van der Waals surface area (Å²) in [6, 6.07) is 18.4. The zero-order valence-corrected chi connectivity index (χ0v) is 21.9. The average Bonchev–Trinajstić information content (AvgIpc) is 2.93. The zero-order valence-electron chi connectivity index (χ0n) is 21.9. The van der Waals surface area contributed by atoms with Crippen LogP contribution in [0.1, 0.15) is 72.8 Å². The second-order valence-corrected chi connectivity index (χ2v) is 9.42. The molecule has 194 valence electrons. The second kappa shape index (κ2) is 11.8. The van der Waals surface area contributed by atoms with Crippen molar-refractivity contribution in [2.45, 2.75) is 58.9 Å². The number of rotatable bonds is 9. The van der Waals surface area contributed by atoms with Crippen LogP contribution in [-0.4, -0.2) is 19.6 Å². The molecule has 0 saturated heterocycles. The number of aromatic nitrogens is 3. The second-order valence-electron chi connectivity index (χ2n) is 9.42. The molecule has 0 unspecified atom stereocenters. The molecule has 2 aromatic heterocycles. The Kier molecular flexibility index (Phi) is 8.32. The number of benzene rings is 2. The first-order valence-corrected chi connectivity index (χ1v) is 12.9. The van der Waals surface area contributed by atoms with Crippen LogP contribution in [0.5, 0.6) is 5.88 Å². The Bertz CT molecular complexity index is 1540. The van der Waals surface area contributed by atoms with E-state index in [9.17, 15) is 19.6 Å². The fraction of sp³-hybridized carbons (Fsp3) is 0.290. The van der Waals surface area contributed by atoms with Gasteiger partial charge in [-0.2, -0.15) is 14.6 Å². The Morgan fingerprint density at radius 2 is 1.89 bits per heavy atom. The highest BCUT2D eigenvalue weighted by Gasteiger charge is 2.23. The van der Waals surface area contributed by atoms with Crippen LogP contribution in [-0.2, 0) is 12.8 Å². The third-order valence-corrected chi connectivity index (χ3v) is 6.90. The lowest BCUT2D eigenvalue weighted by Crippen LogP contribution is -2.32. The molecule has 0 saturated carbocycles. The molecule has 7 heteroatoms. The van der Waals surface area contributed by atoms with E-state index in [1.54, 1.807) is 29.7 Å². The minimum absolute atomic E-state index is 0.199. The molecule has 2 aromatic carbocycles. The molecule has 0 amide bonds. The van der Waals surface area contributed by atoms with Crippen molar-refractivity contribution in [1.82, 2.24) is 14.5 Å². The summed E-state index contributed by atoms with van der Waals surface area (Å²) < 4.78 is 15.6.